The third kappa shape index (κ3) is 2.96. The van der Waals surface area contributed by atoms with Crippen LogP contribution in [0.25, 0.3) is 10.2 Å². The minimum absolute atomic E-state index is 0.598. The fourth-order valence-electron chi connectivity index (χ4n) is 2.15. The van der Waals surface area contributed by atoms with Crippen molar-refractivity contribution < 1.29 is 9.47 Å². The van der Waals surface area contributed by atoms with Crippen molar-refractivity contribution in [2.24, 2.45) is 0 Å². The van der Waals surface area contributed by atoms with Gasteiger partial charge >= 0.3 is 0 Å². The number of hydrogen-bond donors (Lipinski definition) is 1. The molecule has 0 aliphatic rings. The molecule has 0 saturated carbocycles. The first-order chi connectivity index (χ1) is 10.8. The van der Waals surface area contributed by atoms with E-state index in [0.29, 0.717) is 13.2 Å². The standard InChI is InChI=1S/C16H17N3O2S/c1-3-20-11-5-6-14(21-4-2)13(9-11)19-16-15-12(7-8-22-15)17-10-18-16/h5-10H,3-4H2,1-2H3,(H,17,18,19). The van der Waals surface area contributed by atoms with E-state index in [-0.39, 0.29) is 0 Å². The van der Waals surface area contributed by atoms with Crippen molar-refractivity contribution >= 4 is 33.1 Å². The highest BCUT2D eigenvalue weighted by atomic mass is 32.1. The quantitative estimate of drug-likeness (QED) is 0.737. The summed E-state index contributed by atoms with van der Waals surface area (Å²) >= 11 is 1.61. The monoisotopic (exact) mass is 315 g/mol. The summed E-state index contributed by atoms with van der Waals surface area (Å²) in [5.74, 6) is 2.34. The Bertz CT molecular complexity index is 773. The molecule has 0 saturated heterocycles. The molecular weight excluding hydrogens is 298 g/mol. The van der Waals surface area contributed by atoms with Crippen LogP contribution in [-0.4, -0.2) is 23.2 Å². The molecular formula is C16H17N3O2S. The molecule has 5 nitrogen and oxygen atoms in total. The second kappa shape index (κ2) is 6.62. The average Bonchev–Trinajstić information content (AvgIpc) is 3.00. The molecule has 0 aliphatic heterocycles. The number of ether oxygens (including phenoxy) is 2. The Balaban J connectivity index is 1.98. The molecule has 22 heavy (non-hydrogen) atoms. The van der Waals surface area contributed by atoms with Crippen molar-refractivity contribution in [2.75, 3.05) is 18.5 Å². The van der Waals surface area contributed by atoms with Crippen molar-refractivity contribution in [3.63, 3.8) is 0 Å². The van der Waals surface area contributed by atoms with Gasteiger partial charge in [0.05, 0.1) is 29.1 Å². The highest BCUT2D eigenvalue weighted by Gasteiger charge is 2.10. The topological polar surface area (TPSA) is 56.3 Å². The first-order valence-corrected chi connectivity index (χ1v) is 8.04. The molecule has 0 bridgehead atoms. The maximum absolute atomic E-state index is 5.68. The second-order valence-corrected chi connectivity index (χ2v) is 5.42. The summed E-state index contributed by atoms with van der Waals surface area (Å²) < 4.78 is 12.3. The number of anilines is 2. The van der Waals surface area contributed by atoms with E-state index in [2.05, 4.69) is 15.3 Å². The minimum Gasteiger partial charge on any atom is -0.494 e. The van der Waals surface area contributed by atoms with Gasteiger partial charge in [-0.3, -0.25) is 0 Å². The third-order valence-electron chi connectivity index (χ3n) is 3.06. The molecule has 0 fully saturated rings. The zero-order chi connectivity index (χ0) is 15.4. The first kappa shape index (κ1) is 14.6. The molecule has 6 heteroatoms. The maximum atomic E-state index is 5.68. The van der Waals surface area contributed by atoms with Crippen LogP contribution in [0, 0.1) is 0 Å². The van der Waals surface area contributed by atoms with Crippen molar-refractivity contribution in [2.45, 2.75) is 13.8 Å². The predicted molar refractivity (Wildman–Crippen MR) is 89.5 cm³/mol. The Morgan fingerprint density at radius 2 is 1.95 bits per heavy atom. The van der Waals surface area contributed by atoms with Crippen LogP contribution >= 0.6 is 11.3 Å². The van der Waals surface area contributed by atoms with Gasteiger partial charge < -0.3 is 14.8 Å². The Morgan fingerprint density at radius 1 is 1.09 bits per heavy atom. The van der Waals surface area contributed by atoms with Gasteiger partial charge in [0.1, 0.15) is 17.8 Å². The van der Waals surface area contributed by atoms with Crippen LogP contribution in [0.1, 0.15) is 13.8 Å². The first-order valence-electron chi connectivity index (χ1n) is 7.16. The molecule has 0 spiro atoms. The van der Waals surface area contributed by atoms with Crippen molar-refractivity contribution in [1.82, 2.24) is 9.97 Å². The molecule has 0 radical (unpaired) electrons. The number of benzene rings is 1. The van der Waals surface area contributed by atoms with Gasteiger partial charge in [-0.2, -0.15) is 0 Å². The van der Waals surface area contributed by atoms with Gasteiger partial charge in [0.25, 0.3) is 0 Å². The number of hydrogen-bond acceptors (Lipinski definition) is 6. The highest BCUT2D eigenvalue weighted by molar-refractivity contribution is 7.17. The molecule has 3 rings (SSSR count). The number of fused-ring (bicyclic) bond motifs is 1. The summed E-state index contributed by atoms with van der Waals surface area (Å²) in [5, 5.41) is 5.34. The van der Waals surface area contributed by atoms with Gasteiger partial charge in [-0.25, -0.2) is 9.97 Å². The van der Waals surface area contributed by atoms with E-state index in [1.165, 1.54) is 0 Å². The second-order valence-electron chi connectivity index (χ2n) is 4.51. The lowest BCUT2D eigenvalue weighted by Gasteiger charge is -2.14. The molecule has 0 atom stereocenters. The zero-order valence-electron chi connectivity index (χ0n) is 12.5. The average molecular weight is 315 g/mol. The number of nitrogens with zero attached hydrogens (tertiary/aromatic N) is 2. The molecule has 1 aromatic carbocycles. The summed E-state index contributed by atoms with van der Waals surface area (Å²) in [7, 11) is 0. The molecule has 0 amide bonds. The van der Waals surface area contributed by atoms with Crippen molar-refractivity contribution in [3.8, 4) is 11.5 Å². The van der Waals surface area contributed by atoms with Crippen LogP contribution in [0.15, 0.2) is 36.0 Å². The van der Waals surface area contributed by atoms with Crippen LogP contribution in [0.4, 0.5) is 11.5 Å². The van der Waals surface area contributed by atoms with E-state index < -0.39 is 0 Å². The highest BCUT2D eigenvalue weighted by Crippen LogP contribution is 2.34. The Morgan fingerprint density at radius 3 is 2.77 bits per heavy atom. The van der Waals surface area contributed by atoms with E-state index in [4.69, 9.17) is 9.47 Å². The lowest BCUT2D eigenvalue weighted by molar-refractivity contribution is 0.332. The van der Waals surface area contributed by atoms with Crippen molar-refractivity contribution in [1.29, 1.82) is 0 Å². The largest absolute Gasteiger partial charge is 0.494 e. The van der Waals surface area contributed by atoms with Gasteiger partial charge in [-0.05, 0) is 37.4 Å². The van der Waals surface area contributed by atoms with Crippen LogP contribution in [0.2, 0.25) is 0 Å². The third-order valence-corrected chi connectivity index (χ3v) is 3.97. The van der Waals surface area contributed by atoms with Gasteiger partial charge in [-0.15, -0.1) is 11.3 Å². The molecule has 114 valence electrons. The number of thiophene rings is 1. The smallest absolute Gasteiger partial charge is 0.151 e. The van der Waals surface area contributed by atoms with E-state index in [9.17, 15) is 0 Å². The maximum Gasteiger partial charge on any atom is 0.151 e. The number of rotatable bonds is 6. The normalized spacial score (nSPS) is 10.6. The fraction of sp³-hybridized carbons (Fsp3) is 0.250. The molecule has 2 aromatic heterocycles. The molecule has 3 aromatic rings. The minimum atomic E-state index is 0.598. The Labute approximate surface area is 132 Å². The Kier molecular flexibility index (Phi) is 4.39. The molecule has 0 aliphatic carbocycles. The summed E-state index contributed by atoms with van der Waals surface area (Å²) in [6.45, 7) is 5.14. The van der Waals surface area contributed by atoms with Crippen LogP contribution in [0.3, 0.4) is 0 Å². The lowest BCUT2D eigenvalue weighted by Crippen LogP contribution is -2.01. The van der Waals surface area contributed by atoms with Crippen molar-refractivity contribution in [3.05, 3.63) is 36.0 Å². The van der Waals surface area contributed by atoms with Gasteiger partial charge in [-0.1, -0.05) is 0 Å². The Hall–Kier alpha value is -2.34. The fourth-order valence-corrected chi connectivity index (χ4v) is 2.94. The van der Waals surface area contributed by atoms with Crippen LogP contribution in [-0.2, 0) is 0 Å². The van der Waals surface area contributed by atoms with E-state index in [1.807, 2.05) is 43.5 Å². The zero-order valence-corrected chi connectivity index (χ0v) is 13.3. The molecule has 1 N–H and O–H groups in total. The van der Waals surface area contributed by atoms with E-state index >= 15 is 0 Å². The SMILES string of the molecule is CCOc1ccc(OCC)c(Nc2ncnc3ccsc23)c1. The van der Waals surface area contributed by atoms with Crippen LogP contribution < -0.4 is 14.8 Å². The molecule has 0 unspecified atom stereocenters. The predicted octanol–water partition coefficient (Wildman–Crippen LogP) is 4.23. The van der Waals surface area contributed by atoms with E-state index in [0.717, 1.165) is 33.2 Å². The van der Waals surface area contributed by atoms with Crippen LogP contribution in [0.5, 0.6) is 11.5 Å². The van der Waals surface area contributed by atoms with E-state index in [1.54, 1.807) is 17.7 Å². The lowest BCUT2D eigenvalue weighted by atomic mass is 10.2. The summed E-state index contributed by atoms with van der Waals surface area (Å²) in [6, 6.07) is 7.72. The van der Waals surface area contributed by atoms with Gasteiger partial charge in [0.15, 0.2) is 5.82 Å². The number of aromatic nitrogens is 2. The van der Waals surface area contributed by atoms with Gasteiger partial charge in [0.2, 0.25) is 0 Å². The summed E-state index contributed by atoms with van der Waals surface area (Å²) in [6.07, 6.45) is 1.56. The summed E-state index contributed by atoms with van der Waals surface area (Å²) in [5.41, 5.74) is 1.77. The summed E-state index contributed by atoms with van der Waals surface area (Å²) in [4.78, 5) is 8.60. The number of nitrogens with one attached hydrogen (secondary N) is 1. The molecule has 2 heterocycles. The van der Waals surface area contributed by atoms with Gasteiger partial charge in [0, 0.05) is 6.07 Å².